The van der Waals surface area contributed by atoms with Crippen LogP contribution in [0.15, 0.2) is 42.0 Å². The summed E-state index contributed by atoms with van der Waals surface area (Å²) in [5.74, 6) is 0.838. The summed E-state index contributed by atoms with van der Waals surface area (Å²) in [5, 5.41) is 19.6. The van der Waals surface area contributed by atoms with E-state index < -0.39 is 0 Å². The molecular formula is C17H14N2O. The van der Waals surface area contributed by atoms with Crippen molar-refractivity contribution in [2.45, 2.75) is 20.0 Å². The molecule has 0 radical (unpaired) electrons. The van der Waals surface area contributed by atoms with Crippen molar-refractivity contribution in [3.05, 3.63) is 47.5 Å². The second-order valence-corrected chi connectivity index (χ2v) is 4.72. The lowest BCUT2D eigenvalue weighted by Gasteiger charge is -2.10. The van der Waals surface area contributed by atoms with Gasteiger partial charge in [0.25, 0.3) is 0 Å². The summed E-state index contributed by atoms with van der Waals surface area (Å²) in [6.07, 6.45) is 1.72. The summed E-state index contributed by atoms with van der Waals surface area (Å²) >= 11 is 0. The van der Waals surface area contributed by atoms with Gasteiger partial charge >= 0.3 is 0 Å². The zero-order valence-electron chi connectivity index (χ0n) is 11.4. The molecule has 0 bridgehead atoms. The number of allylic oxidation sites excluding steroid dienone is 1. The molecule has 0 spiro atoms. The van der Waals surface area contributed by atoms with Crippen LogP contribution < -0.4 is 4.74 Å². The van der Waals surface area contributed by atoms with Gasteiger partial charge in [-0.1, -0.05) is 18.2 Å². The van der Waals surface area contributed by atoms with Gasteiger partial charge in [0.05, 0.1) is 6.10 Å². The third-order valence-corrected chi connectivity index (χ3v) is 2.76. The number of hydrogen-bond donors (Lipinski definition) is 0. The van der Waals surface area contributed by atoms with Crippen molar-refractivity contribution in [1.82, 2.24) is 0 Å². The Bertz CT molecular complexity index is 730. The Labute approximate surface area is 118 Å². The van der Waals surface area contributed by atoms with E-state index in [1.165, 1.54) is 0 Å². The van der Waals surface area contributed by atoms with E-state index in [0.29, 0.717) is 0 Å². The monoisotopic (exact) mass is 262 g/mol. The van der Waals surface area contributed by atoms with Gasteiger partial charge in [-0.2, -0.15) is 10.5 Å². The van der Waals surface area contributed by atoms with Gasteiger partial charge < -0.3 is 4.74 Å². The lowest BCUT2D eigenvalue weighted by molar-refractivity contribution is 0.243. The van der Waals surface area contributed by atoms with E-state index in [4.69, 9.17) is 15.3 Å². The summed E-state index contributed by atoms with van der Waals surface area (Å²) < 4.78 is 5.65. The fraction of sp³-hybridized carbons (Fsp3) is 0.176. The quantitative estimate of drug-likeness (QED) is 0.784. The van der Waals surface area contributed by atoms with E-state index in [2.05, 4.69) is 0 Å². The molecule has 0 amide bonds. The number of benzene rings is 2. The average molecular weight is 262 g/mol. The molecule has 0 aromatic heterocycles. The highest BCUT2D eigenvalue weighted by molar-refractivity contribution is 5.86. The number of nitriles is 2. The van der Waals surface area contributed by atoms with Crippen LogP contribution in [0.3, 0.4) is 0 Å². The third-order valence-electron chi connectivity index (χ3n) is 2.76. The van der Waals surface area contributed by atoms with Gasteiger partial charge in [0, 0.05) is 0 Å². The number of rotatable bonds is 3. The maximum atomic E-state index is 8.76. The van der Waals surface area contributed by atoms with Crippen LogP contribution in [0.1, 0.15) is 19.4 Å². The van der Waals surface area contributed by atoms with Gasteiger partial charge in [-0.3, -0.25) is 0 Å². The Balaban J connectivity index is 2.40. The predicted molar refractivity (Wildman–Crippen MR) is 78.9 cm³/mol. The largest absolute Gasteiger partial charge is 0.491 e. The maximum absolute atomic E-state index is 8.76. The van der Waals surface area contributed by atoms with Crippen LogP contribution in [-0.4, -0.2) is 6.10 Å². The molecular weight excluding hydrogens is 248 g/mol. The minimum Gasteiger partial charge on any atom is -0.491 e. The molecule has 20 heavy (non-hydrogen) atoms. The molecule has 0 unspecified atom stereocenters. The molecule has 2 aromatic rings. The van der Waals surface area contributed by atoms with Crippen molar-refractivity contribution >= 4 is 16.8 Å². The van der Waals surface area contributed by atoms with E-state index in [1.54, 1.807) is 6.08 Å². The summed E-state index contributed by atoms with van der Waals surface area (Å²) in [7, 11) is 0. The maximum Gasteiger partial charge on any atom is 0.130 e. The van der Waals surface area contributed by atoms with Crippen LogP contribution in [0.4, 0.5) is 0 Å². The van der Waals surface area contributed by atoms with Gasteiger partial charge in [-0.05, 0) is 54.5 Å². The highest BCUT2D eigenvalue weighted by Crippen LogP contribution is 2.23. The molecule has 2 rings (SSSR count). The Morgan fingerprint density at radius 3 is 2.35 bits per heavy atom. The molecule has 0 fully saturated rings. The van der Waals surface area contributed by atoms with E-state index in [9.17, 15) is 0 Å². The molecule has 0 heterocycles. The Kier molecular flexibility index (Phi) is 4.03. The molecule has 3 heteroatoms. The van der Waals surface area contributed by atoms with E-state index in [-0.39, 0.29) is 11.7 Å². The standard InChI is InChI=1S/C17H14N2O/c1-12(2)20-17-6-5-15-8-13(3-4-16(15)9-17)7-14(10-18)11-19/h3-9,12H,1-2H3. The first kappa shape index (κ1) is 13.6. The fourth-order valence-electron chi connectivity index (χ4n) is 1.93. The van der Waals surface area contributed by atoms with Crippen LogP contribution in [0.5, 0.6) is 5.75 Å². The van der Waals surface area contributed by atoms with Crippen LogP contribution in [-0.2, 0) is 0 Å². The molecule has 0 aliphatic heterocycles. The third kappa shape index (κ3) is 3.16. The summed E-state index contributed by atoms with van der Waals surface area (Å²) in [6.45, 7) is 3.98. The highest BCUT2D eigenvalue weighted by atomic mass is 16.5. The molecule has 0 N–H and O–H groups in total. The van der Waals surface area contributed by atoms with Gasteiger partial charge in [-0.25, -0.2) is 0 Å². The van der Waals surface area contributed by atoms with E-state index >= 15 is 0 Å². The number of nitrogens with zero attached hydrogens (tertiary/aromatic N) is 2. The van der Waals surface area contributed by atoms with Gasteiger partial charge in [0.2, 0.25) is 0 Å². The fourth-order valence-corrected chi connectivity index (χ4v) is 1.93. The normalized spacial score (nSPS) is 9.85. The Hall–Kier alpha value is -2.78. The SMILES string of the molecule is CC(C)Oc1ccc2cc(C=C(C#N)C#N)ccc2c1. The van der Waals surface area contributed by atoms with Crippen LogP contribution in [0, 0.1) is 22.7 Å². The second-order valence-electron chi connectivity index (χ2n) is 4.72. The van der Waals surface area contributed by atoms with Crippen molar-refractivity contribution in [3.63, 3.8) is 0 Å². The smallest absolute Gasteiger partial charge is 0.130 e. The van der Waals surface area contributed by atoms with Crippen molar-refractivity contribution in [3.8, 4) is 17.9 Å². The van der Waals surface area contributed by atoms with E-state index in [1.807, 2.05) is 62.4 Å². The predicted octanol–water partition coefficient (Wildman–Crippen LogP) is 4.06. The summed E-state index contributed by atoms with van der Waals surface area (Å²) in [5.41, 5.74) is 0.942. The number of hydrogen-bond acceptors (Lipinski definition) is 3. The first-order valence-corrected chi connectivity index (χ1v) is 6.35. The van der Waals surface area contributed by atoms with Crippen LogP contribution in [0.25, 0.3) is 16.8 Å². The summed E-state index contributed by atoms with van der Waals surface area (Å²) in [6, 6.07) is 15.4. The molecule has 3 nitrogen and oxygen atoms in total. The lowest BCUT2D eigenvalue weighted by Crippen LogP contribution is -2.05. The van der Waals surface area contributed by atoms with Crippen molar-refractivity contribution in [2.24, 2.45) is 0 Å². The van der Waals surface area contributed by atoms with Gasteiger partial charge in [0.15, 0.2) is 0 Å². The highest BCUT2D eigenvalue weighted by Gasteiger charge is 2.01. The van der Waals surface area contributed by atoms with Crippen molar-refractivity contribution in [1.29, 1.82) is 10.5 Å². The number of fused-ring (bicyclic) bond motifs is 1. The first-order valence-electron chi connectivity index (χ1n) is 6.35. The zero-order chi connectivity index (χ0) is 14.5. The van der Waals surface area contributed by atoms with Crippen LogP contribution in [0.2, 0.25) is 0 Å². The van der Waals surface area contributed by atoms with Gasteiger partial charge in [0.1, 0.15) is 23.5 Å². The average Bonchev–Trinajstić information content (AvgIpc) is 2.44. The molecule has 0 aliphatic rings. The minimum absolute atomic E-state index is 0.101. The van der Waals surface area contributed by atoms with E-state index in [0.717, 1.165) is 22.1 Å². The summed E-state index contributed by atoms with van der Waals surface area (Å²) in [4.78, 5) is 0. The zero-order valence-corrected chi connectivity index (χ0v) is 11.4. The van der Waals surface area contributed by atoms with Crippen LogP contribution >= 0.6 is 0 Å². The first-order chi connectivity index (χ1) is 9.62. The Morgan fingerprint density at radius 1 is 1.05 bits per heavy atom. The molecule has 98 valence electrons. The Morgan fingerprint density at radius 2 is 1.70 bits per heavy atom. The number of ether oxygens (including phenoxy) is 1. The molecule has 2 aromatic carbocycles. The second kappa shape index (κ2) is 5.91. The van der Waals surface area contributed by atoms with Gasteiger partial charge in [-0.15, -0.1) is 0 Å². The molecule has 0 aliphatic carbocycles. The topological polar surface area (TPSA) is 56.8 Å². The molecule has 0 atom stereocenters. The minimum atomic E-state index is 0.101. The molecule has 0 saturated carbocycles. The van der Waals surface area contributed by atoms with Crippen molar-refractivity contribution < 1.29 is 4.74 Å². The molecule has 0 saturated heterocycles. The van der Waals surface area contributed by atoms with Crippen molar-refractivity contribution in [2.75, 3.05) is 0 Å². The lowest BCUT2D eigenvalue weighted by atomic mass is 10.1.